The summed E-state index contributed by atoms with van der Waals surface area (Å²) in [5.41, 5.74) is 0.810. The van der Waals surface area contributed by atoms with Gasteiger partial charge in [0.15, 0.2) is 11.5 Å². The smallest absolute Gasteiger partial charge is 0.449 e. The van der Waals surface area contributed by atoms with Gasteiger partial charge in [-0.05, 0) is 49.9 Å². The highest BCUT2D eigenvalue weighted by atomic mass is 19.4. The Morgan fingerprint density at radius 3 is 2.36 bits per heavy atom. The Kier molecular flexibility index (Phi) is 5.42. The zero-order chi connectivity index (χ0) is 23.2. The second-order valence-electron chi connectivity index (χ2n) is 8.61. The molecular weight excluding hydrogens is 435 g/mol. The van der Waals surface area contributed by atoms with Crippen molar-refractivity contribution in [2.75, 3.05) is 13.1 Å². The van der Waals surface area contributed by atoms with Crippen molar-refractivity contribution in [2.45, 2.75) is 44.7 Å². The number of hydrogen-bond acceptors (Lipinski definition) is 4. The van der Waals surface area contributed by atoms with Crippen molar-refractivity contribution in [1.82, 2.24) is 14.5 Å². The first-order valence-corrected chi connectivity index (χ1v) is 11.0. The van der Waals surface area contributed by atoms with Crippen LogP contribution in [0.15, 0.2) is 48.5 Å². The second kappa shape index (κ2) is 8.28. The minimum atomic E-state index is -4.53. The number of fused-ring (bicyclic) bond motifs is 2. The van der Waals surface area contributed by atoms with Gasteiger partial charge in [-0.1, -0.05) is 24.3 Å². The van der Waals surface area contributed by atoms with Crippen molar-refractivity contribution in [2.24, 2.45) is 5.92 Å². The van der Waals surface area contributed by atoms with Crippen LogP contribution in [0.4, 0.5) is 13.2 Å². The molecule has 1 amide bonds. The molecule has 1 fully saturated rings. The summed E-state index contributed by atoms with van der Waals surface area (Å²) < 4.78 is 53.8. The Morgan fingerprint density at radius 1 is 1.03 bits per heavy atom. The van der Waals surface area contributed by atoms with E-state index in [1.807, 2.05) is 12.1 Å². The third-order valence-electron chi connectivity index (χ3n) is 6.36. The number of hydrogen-bond donors (Lipinski definition) is 0. The molecule has 2 aliphatic heterocycles. The number of rotatable bonds is 3. The zero-order valence-electron chi connectivity index (χ0n) is 18.1. The molecule has 2 unspecified atom stereocenters. The van der Waals surface area contributed by atoms with E-state index in [1.54, 1.807) is 48.2 Å². The first-order chi connectivity index (χ1) is 15.8. The van der Waals surface area contributed by atoms with Crippen molar-refractivity contribution < 1.29 is 27.4 Å². The molecule has 2 aliphatic rings. The highest BCUT2D eigenvalue weighted by Gasteiger charge is 2.40. The molecule has 1 aromatic heterocycles. The first-order valence-electron chi connectivity index (χ1n) is 11.0. The molecule has 5 rings (SSSR count). The van der Waals surface area contributed by atoms with Gasteiger partial charge in [0.1, 0.15) is 6.10 Å². The maximum absolute atomic E-state index is 13.6. The Bertz CT molecular complexity index is 1170. The Morgan fingerprint density at radius 2 is 1.67 bits per heavy atom. The third kappa shape index (κ3) is 4.12. The summed E-state index contributed by atoms with van der Waals surface area (Å²) in [7, 11) is 0. The fourth-order valence-corrected chi connectivity index (χ4v) is 4.64. The Hall–Kier alpha value is -3.23. The largest absolute Gasteiger partial charge is 0.482 e. The minimum Gasteiger partial charge on any atom is -0.482 e. The van der Waals surface area contributed by atoms with Crippen molar-refractivity contribution in [3.05, 3.63) is 54.4 Å². The number of amides is 1. The quantitative estimate of drug-likeness (QED) is 0.578. The number of likely N-dealkylation sites (tertiary alicyclic amines) is 1. The summed E-state index contributed by atoms with van der Waals surface area (Å²) in [5, 5.41) is 0. The fraction of sp³-hybridized carbons (Fsp3) is 0.417. The molecule has 0 N–H and O–H groups in total. The molecular formula is C24H24F3N3O3. The molecule has 2 aromatic carbocycles. The van der Waals surface area contributed by atoms with Gasteiger partial charge in [-0.25, -0.2) is 4.98 Å². The lowest BCUT2D eigenvalue weighted by Gasteiger charge is -2.37. The molecule has 0 saturated carbocycles. The van der Waals surface area contributed by atoms with Gasteiger partial charge >= 0.3 is 6.18 Å². The van der Waals surface area contributed by atoms with E-state index in [9.17, 15) is 18.0 Å². The van der Waals surface area contributed by atoms with Crippen LogP contribution in [0.1, 0.15) is 25.6 Å². The molecule has 174 valence electrons. The van der Waals surface area contributed by atoms with Gasteiger partial charge in [0.05, 0.1) is 11.0 Å². The molecule has 33 heavy (non-hydrogen) atoms. The monoisotopic (exact) mass is 459 g/mol. The van der Waals surface area contributed by atoms with Crippen LogP contribution in [-0.4, -0.2) is 45.7 Å². The van der Waals surface area contributed by atoms with Gasteiger partial charge in [0, 0.05) is 19.6 Å². The Labute approximate surface area is 188 Å². The highest BCUT2D eigenvalue weighted by Crippen LogP contribution is 2.35. The van der Waals surface area contributed by atoms with Crippen LogP contribution in [0.3, 0.4) is 0 Å². The van der Waals surface area contributed by atoms with Crippen LogP contribution in [0.25, 0.3) is 11.0 Å². The average Bonchev–Trinajstić information content (AvgIpc) is 3.18. The zero-order valence-corrected chi connectivity index (χ0v) is 18.1. The number of piperidine rings is 1. The predicted octanol–water partition coefficient (Wildman–Crippen LogP) is 4.52. The van der Waals surface area contributed by atoms with E-state index in [-0.39, 0.29) is 18.4 Å². The van der Waals surface area contributed by atoms with Crippen LogP contribution in [0, 0.1) is 5.92 Å². The summed E-state index contributed by atoms with van der Waals surface area (Å²) in [5.74, 6) is 0.132. The summed E-state index contributed by atoms with van der Waals surface area (Å²) in [6.07, 6.45) is -4.49. The topological polar surface area (TPSA) is 56.6 Å². The predicted molar refractivity (Wildman–Crippen MR) is 115 cm³/mol. The molecule has 1 saturated heterocycles. The number of alkyl halides is 3. The number of carbonyl (C=O) groups excluding carboxylic acids is 1. The number of imidazole rings is 1. The van der Waals surface area contributed by atoms with Gasteiger partial charge in [-0.15, -0.1) is 0 Å². The lowest BCUT2D eigenvalue weighted by molar-refractivity contribution is -0.147. The molecule has 0 spiro atoms. The minimum absolute atomic E-state index is 0.00873. The standard InChI is InChI=1S/C24H24F3N3O3/c1-15-21(33-20-9-5-4-8-19(20)32-15)22(31)29-12-10-16(11-13-29)14-30-18-7-3-2-6-17(18)28-23(30)24(25,26)27/h2-9,15-16,21H,10-14H2,1H3. The lowest BCUT2D eigenvalue weighted by atomic mass is 9.95. The number of aromatic nitrogens is 2. The SMILES string of the molecule is CC1Oc2ccccc2OC1C(=O)N1CCC(Cn2c(C(F)(F)F)nc3ccccc32)CC1. The van der Waals surface area contributed by atoms with E-state index >= 15 is 0 Å². The molecule has 9 heteroatoms. The second-order valence-corrected chi connectivity index (χ2v) is 8.61. The van der Waals surface area contributed by atoms with Crippen LogP contribution in [0.2, 0.25) is 0 Å². The van der Waals surface area contributed by atoms with Crippen molar-refractivity contribution in [3.63, 3.8) is 0 Å². The normalized spacial score (nSPS) is 21.4. The molecule has 6 nitrogen and oxygen atoms in total. The summed E-state index contributed by atoms with van der Waals surface area (Å²) >= 11 is 0. The molecule has 3 heterocycles. The van der Waals surface area contributed by atoms with Gasteiger partial charge < -0.3 is 18.9 Å². The molecule has 0 radical (unpaired) electrons. The van der Waals surface area contributed by atoms with Gasteiger partial charge in [-0.2, -0.15) is 13.2 Å². The van der Waals surface area contributed by atoms with E-state index in [0.29, 0.717) is 48.5 Å². The number of ether oxygens (including phenoxy) is 2. The maximum atomic E-state index is 13.6. The van der Waals surface area contributed by atoms with Gasteiger partial charge in [0.25, 0.3) is 5.91 Å². The first kappa shape index (κ1) is 21.6. The summed E-state index contributed by atoms with van der Waals surface area (Å²) in [6, 6.07) is 13.9. The van der Waals surface area contributed by atoms with Crippen LogP contribution < -0.4 is 9.47 Å². The number of nitrogens with zero attached hydrogens (tertiary/aromatic N) is 3. The van der Waals surface area contributed by atoms with E-state index < -0.39 is 24.2 Å². The summed E-state index contributed by atoms with van der Waals surface area (Å²) in [4.78, 5) is 18.7. The highest BCUT2D eigenvalue weighted by molar-refractivity contribution is 5.82. The molecule has 2 atom stereocenters. The number of benzene rings is 2. The van der Waals surface area contributed by atoms with Crippen LogP contribution in [-0.2, 0) is 17.5 Å². The van der Waals surface area contributed by atoms with Crippen LogP contribution in [0.5, 0.6) is 11.5 Å². The lowest BCUT2D eigenvalue weighted by Crippen LogP contribution is -2.52. The van der Waals surface area contributed by atoms with Gasteiger partial charge in [-0.3, -0.25) is 4.79 Å². The number of halogens is 3. The molecule has 3 aromatic rings. The average molecular weight is 459 g/mol. The Balaban J connectivity index is 1.26. The number of carbonyl (C=O) groups is 1. The van der Waals surface area contributed by atoms with Crippen molar-refractivity contribution in [3.8, 4) is 11.5 Å². The van der Waals surface area contributed by atoms with E-state index in [1.165, 1.54) is 4.57 Å². The third-order valence-corrected chi connectivity index (χ3v) is 6.36. The molecule has 0 bridgehead atoms. The van der Waals surface area contributed by atoms with Gasteiger partial charge in [0.2, 0.25) is 11.9 Å². The van der Waals surface area contributed by atoms with Crippen molar-refractivity contribution >= 4 is 16.9 Å². The van der Waals surface area contributed by atoms with Crippen LogP contribution >= 0.6 is 0 Å². The maximum Gasteiger partial charge on any atom is 0.449 e. The van der Waals surface area contributed by atoms with E-state index in [2.05, 4.69) is 4.98 Å². The molecule has 0 aliphatic carbocycles. The fourth-order valence-electron chi connectivity index (χ4n) is 4.64. The number of para-hydroxylation sites is 4. The van der Waals surface area contributed by atoms with E-state index in [0.717, 1.165) is 0 Å². The van der Waals surface area contributed by atoms with E-state index in [4.69, 9.17) is 9.47 Å². The summed E-state index contributed by atoms with van der Waals surface area (Å²) in [6.45, 7) is 2.94. The van der Waals surface area contributed by atoms with Crippen molar-refractivity contribution in [1.29, 1.82) is 0 Å².